The number of carbonyl (C=O) groups is 1. The number of anilines is 1. The number of nitrogens with zero attached hydrogens (tertiary/aromatic N) is 1. The molecule has 3 aromatic rings. The summed E-state index contributed by atoms with van der Waals surface area (Å²) in [6.45, 7) is 4.59. The van der Waals surface area contributed by atoms with Crippen LogP contribution in [0.1, 0.15) is 24.0 Å². The summed E-state index contributed by atoms with van der Waals surface area (Å²) < 4.78 is 10.9. The third-order valence-electron chi connectivity index (χ3n) is 4.27. The molecule has 28 heavy (non-hydrogen) atoms. The van der Waals surface area contributed by atoms with Crippen LogP contribution < -0.4 is 14.8 Å². The zero-order valence-electron chi connectivity index (χ0n) is 16.3. The highest BCUT2D eigenvalue weighted by molar-refractivity contribution is 7.14. The normalized spacial score (nSPS) is 10.5. The lowest BCUT2D eigenvalue weighted by Crippen LogP contribution is -2.12. The zero-order valence-corrected chi connectivity index (χ0v) is 17.1. The average Bonchev–Trinajstić information content (AvgIpc) is 3.15. The number of thiazole rings is 1. The molecule has 1 N–H and O–H groups in total. The Hall–Kier alpha value is -2.86. The van der Waals surface area contributed by atoms with E-state index in [4.69, 9.17) is 9.47 Å². The first kappa shape index (κ1) is 19.9. The largest absolute Gasteiger partial charge is 0.497 e. The van der Waals surface area contributed by atoms with Gasteiger partial charge in [0.1, 0.15) is 11.5 Å². The minimum Gasteiger partial charge on any atom is -0.497 e. The Morgan fingerprint density at radius 3 is 2.64 bits per heavy atom. The number of aromatic nitrogens is 1. The molecule has 0 spiro atoms. The highest BCUT2D eigenvalue weighted by Crippen LogP contribution is 2.26. The Labute approximate surface area is 169 Å². The molecule has 1 heterocycles. The maximum absolute atomic E-state index is 12.1. The second kappa shape index (κ2) is 9.37. The van der Waals surface area contributed by atoms with E-state index in [2.05, 4.69) is 23.3 Å². The molecule has 1 amide bonds. The van der Waals surface area contributed by atoms with E-state index in [0.29, 0.717) is 24.6 Å². The van der Waals surface area contributed by atoms with Crippen LogP contribution in [0.3, 0.4) is 0 Å². The fourth-order valence-electron chi connectivity index (χ4n) is 2.78. The molecule has 1 aromatic heterocycles. The van der Waals surface area contributed by atoms with E-state index in [1.807, 2.05) is 48.7 Å². The summed E-state index contributed by atoms with van der Waals surface area (Å²) in [6.07, 6.45) is 1.04. The van der Waals surface area contributed by atoms with Gasteiger partial charge in [0.15, 0.2) is 5.13 Å². The van der Waals surface area contributed by atoms with Crippen LogP contribution in [0.5, 0.6) is 11.5 Å². The van der Waals surface area contributed by atoms with Crippen LogP contribution in [-0.4, -0.2) is 24.6 Å². The van der Waals surface area contributed by atoms with Crippen molar-refractivity contribution in [3.05, 3.63) is 59.0 Å². The summed E-state index contributed by atoms with van der Waals surface area (Å²) in [5, 5.41) is 5.39. The summed E-state index contributed by atoms with van der Waals surface area (Å²) in [4.78, 5) is 16.6. The van der Waals surface area contributed by atoms with E-state index < -0.39 is 0 Å². The number of nitrogens with one attached hydrogen (secondary N) is 1. The molecule has 0 saturated heterocycles. The van der Waals surface area contributed by atoms with Gasteiger partial charge in [0, 0.05) is 17.4 Å². The minimum atomic E-state index is -0.0557. The highest BCUT2D eigenvalue weighted by Gasteiger charge is 2.09. The molecule has 0 fully saturated rings. The lowest BCUT2D eigenvalue weighted by atomic mass is 10.1. The Bertz CT molecular complexity index is 935. The standard InChI is InChI=1S/C22H24N2O3S/c1-15-6-11-20(16(2)13-15)27-12-4-5-21(25)24-22-23-19(14-28-22)17-7-9-18(26-3)10-8-17/h6-11,13-14H,4-5,12H2,1-3H3,(H,23,24,25). The molecule has 146 valence electrons. The number of hydrogen-bond acceptors (Lipinski definition) is 5. The van der Waals surface area contributed by atoms with Gasteiger partial charge in [-0.2, -0.15) is 0 Å². The van der Waals surface area contributed by atoms with Crippen molar-refractivity contribution < 1.29 is 14.3 Å². The highest BCUT2D eigenvalue weighted by atomic mass is 32.1. The van der Waals surface area contributed by atoms with Gasteiger partial charge in [0.2, 0.25) is 5.91 Å². The van der Waals surface area contributed by atoms with Crippen molar-refractivity contribution in [3.63, 3.8) is 0 Å². The van der Waals surface area contributed by atoms with E-state index in [0.717, 1.165) is 28.3 Å². The molecule has 0 aliphatic rings. The molecular formula is C22H24N2O3S. The molecule has 0 radical (unpaired) electrons. The number of benzene rings is 2. The smallest absolute Gasteiger partial charge is 0.226 e. The SMILES string of the molecule is COc1ccc(-c2csc(NC(=O)CCCOc3ccc(C)cc3C)n2)cc1. The van der Waals surface area contributed by atoms with Gasteiger partial charge in [-0.3, -0.25) is 4.79 Å². The fraction of sp³-hybridized carbons (Fsp3) is 0.273. The summed E-state index contributed by atoms with van der Waals surface area (Å²) >= 11 is 1.42. The van der Waals surface area contributed by atoms with Crippen LogP contribution in [0.15, 0.2) is 47.8 Å². The van der Waals surface area contributed by atoms with E-state index in [9.17, 15) is 4.79 Å². The van der Waals surface area contributed by atoms with E-state index >= 15 is 0 Å². The number of rotatable bonds is 8. The summed E-state index contributed by atoms with van der Waals surface area (Å²) in [7, 11) is 1.64. The van der Waals surface area contributed by atoms with E-state index in [1.165, 1.54) is 16.9 Å². The van der Waals surface area contributed by atoms with Crippen LogP contribution in [0.25, 0.3) is 11.3 Å². The van der Waals surface area contributed by atoms with Gasteiger partial charge >= 0.3 is 0 Å². The molecular weight excluding hydrogens is 372 g/mol. The summed E-state index contributed by atoms with van der Waals surface area (Å²) in [5.41, 5.74) is 4.14. The average molecular weight is 397 g/mol. The molecule has 0 aliphatic carbocycles. The first-order valence-electron chi connectivity index (χ1n) is 9.15. The van der Waals surface area contributed by atoms with Crippen molar-refractivity contribution in [2.24, 2.45) is 0 Å². The predicted molar refractivity (Wildman–Crippen MR) is 113 cm³/mol. The third-order valence-corrected chi connectivity index (χ3v) is 5.03. The van der Waals surface area contributed by atoms with Crippen molar-refractivity contribution in [1.82, 2.24) is 4.98 Å². The van der Waals surface area contributed by atoms with Crippen molar-refractivity contribution in [1.29, 1.82) is 0 Å². The molecule has 0 saturated carbocycles. The van der Waals surface area contributed by atoms with Crippen LogP contribution in [-0.2, 0) is 4.79 Å². The molecule has 0 aliphatic heterocycles. The second-order valence-electron chi connectivity index (χ2n) is 6.54. The van der Waals surface area contributed by atoms with Crippen LogP contribution >= 0.6 is 11.3 Å². The van der Waals surface area contributed by atoms with Gasteiger partial charge in [-0.25, -0.2) is 4.98 Å². The van der Waals surface area contributed by atoms with E-state index in [-0.39, 0.29) is 5.91 Å². The van der Waals surface area contributed by atoms with Crippen LogP contribution in [0, 0.1) is 13.8 Å². The van der Waals surface area contributed by atoms with Crippen LogP contribution in [0.4, 0.5) is 5.13 Å². The quantitative estimate of drug-likeness (QED) is 0.530. The minimum absolute atomic E-state index is 0.0557. The Morgan fingerprint density at radius 1 is 1.14 bits per heavy atom. The maximum Gasteiger partial charge on any atom is 0.226 e. The lowest BCUT2D eigenvalue weighted by Gasteiger charge is -2.09. The number of ether oxygens (including phenoxy) is 2. The number of aryl methyl sites for hydroxylation is 2. The number of hydrogen-bond donors (Lipinski definition) is 1. The second-order valence-corrected chi connectivity index (χ2v) is 7.39. The molecule has 0 atom stereocenters. The molecule has 3 rings (SSSR count). The van der Waals surface area contributed by atoms with Gasteiger partial charge in [-0.05, 0) is 56.2 Å². The topological polar surface area (TPSA) is 60.5 Å². The summed E-state index contributed by atoms with van der Waals surface area (Å²) in [6, 6.07) is 13.8. The number of carbonyl (C=O) groups excluding carboxylic acids is 1. The number of methoxy groups -OCH3 is 1. The predicted octanol–water partition coefficient (Wildman–Crippen LogP) is 5.23. The molecule has 6 heteroatoms. The maximum atomic E-state index is 12.1. The van der Waals surface area contributed by atoms with Crippen molar-refractivity contribution >= 4 is 22.4 Å². The van der Waals surface area contributed by atoms with Gasteiger partial charge in [0.25, 0.3) is 0 Å². The van der Waals surface area contributed by atoms with Gasteiger partial charge in [0.05, 0.1) is 19.4 Å². The van der Waals surface area contributed by atoms with E-state index in [1.54, 1.807) is 7.11 Å². The Morgan fingerprint density at radius 2 is 1.93 bits per heavy atom. The van der Waals surface area contributed by atoms with Crippen molar-refractivity contribution in [2.75, 3.05) is 19.0 Å². The lowest BCUT2D eigenvalue weighted by molar-refractivity contribution is -0.116. The van der Waals surface area contributed by atoms with Crippen LogP contribution in [0.2, 0.25) is 0 Å². The first-order valence-corrected chi connectivity index (χ1v) is 10.0. The van der Waals surface area contributed by atoms with Gasteiger partial charge in [-0.1, -0.05) is 17.7 Å². The molecule has 5 nitrogen and oxygen atoms in total. The van der Waals surface area contributed by atoms with Gasteiger partial charge in [-0.15, -0.1) is 11.3 Å². The Balaban J connectivity index is 1.45. The molecule has 2 aromatic carbocycles. The van der Waals surface area contributed by atoms with Crippen molar-refractivity contribution in [2.45, 2.75) is 26.7 Å². The fourth-order valence-corrected chi connectivity index (χ4v) is 3.52. The van der Waals surface area contributed by atoms with Gasteiger partial charge < -0.3 is 14.8 Å². The zero-order chi connectivity index (χ0) is 19.9. The first-order chi connectivity index (χ1) is 13.5. The molecule has 0 unspecified atom stereocenters. The van der Waals surface area contributed by atoms with Crippen molar-refractivity contribution in [3.8, 4) is 22.8 Å². The Kier molecular flexibility index (Phi) is 6.66. The monoisotopic (exact) mass is 396 g/mol. The molecule has 0 bridgehead atoms. The third kappa shape index (κ3) is 5.33. The summed E-state index contributed by atoms with van der Waals surface area (Å²) in [5.74, 6) is 1.62. The number of amides is 1.